The van der Waals surface area contributed by atoms with Crippen LogP contribution in [-0.4, -0.2) is 121 Å². The SMILES string of the molecule is CN1CCCC1CCOC(C)(c1ccccc1)c1ccc(Cl)cc1.Cl.Cl.O=C(O)C=CC(=O)O.OCCN1CCN(CCCN2c3ccccc3Sc3ccc(C(F)(F)F)cc32)CC1. The molecule has 64 heavy (non-hydrogen) atoms. The van der Waals surface area contributed by atoms with Gasteiger partial charge in [0.2, 0.25) is 0 Å². The molecule has 3 heterocycles. The number of aliphatic carboxylic acids is 2. The smallest absolute Gasteiger partial charge is 0.416 e. The minimum absolute atomic E-state index is 0. The van der Waals surface area contributed by atoms with Crippen molar-refractivity contribution in [2.24, 2.45) is 0 Å². The maximum absolute atomic E-state index is 13.3. The molecule has 7 rings (SSSR count). The number of β-amino-alcohol motifs (C(OH)–C–C–N with tert-alkyl or cyclic N) is 1. The van der Waals surface area contributed by atoms with Crippen molar-refractivity contribution in [2.75, 3.05) is 77.5 Å². The van der Waals surface area contributed by atoms with Gasteiger partial charge < -0.3 is 34.8 Å². The third kappa shape index (κ3) is 16.0. The second-order valence-corrected chi connectivity index (χ2v) is 17.0. The van der Waals surface area contributed by atoms with Gasteiger partial charge in [0.1, 0.15) is 5.60 Å². The number of hydrogen-bond donors (Lipinski definition) is 3. The number of carboxylic acid groups (broad SMARTS) is 2. The second-order valence-electron chi connectivity index (χ2n) is 15.5. The number of carboxylic acids is 2. The molecule has 2 unspecified atom stereocenters. The van der Waals surface area contributed by atoms with Crippen LogP contribution >= 0.6 is 48.2 Å². The summed E-state index contributed by atoms with van der Waals surface area (Å²) in [5, 5.41) is 25.4. The average molecular weight is 970 g/mol. The number of alkyl halides is 3. The van der Waals surface area contributed by atoms with Crippen LogP contribution in [0.15, 0.2) is 119 Å². The van der Waals surface area contributed by atoms with Gasteiger partial charge in [-0.15, -0.1) is 24.8 Å². The normalized spacial score (nSPS) is 17.3. The van der Waals surface area contributed by atoms with Crippen molar-refractivity contribution in [1.29, 1.82) is 0 Å². The number of halogens is 6. The first-order valence-electron chi connectivity index (χ1n) is 20.8. The number of aliphatic hydroxyl groups is 1. The van der Waals surface area contributed by atoms with E-state index in [4.69, 9.17) is 31.7 Å². The van der Waals surface area contributed by atoms with Crippen LogP contribution in [-0.2, 0) is 26.1 Å². The molecule has 0 aliphatic carbocycles. The number of nitrogens with zero attached hydrogens (tertiary/aromatic N) is 4. The molecular formula is C47H58Cl3F3N4O6S. The van der Waals surface area contributed by atoms with Gasteiger partial charge in [-0.1, -0.05) is 78.0 Å². The molecule has 0 bridgehead atoms. The number of anilines is 2. The molecule has 0 radical (unpaired) electrons. The number of fused-ring (bicyclic) bond motifs is 2. The van der Waals surface area contributed by atoms with E-state index in [2.05, 4.69) is 65.1 Å². The molecule has 0 saturated carbocycles. The van der Waals surface area contributed by atoms with Gasteiger partial charge in [-0.05, 0) is 106 Å². The molecule has 3 N–H and O–H groups in total. The van der Waals surface area contributed by atoms with Crippen LogP contribution in [0.5, 0.6) is 0 Å². The highest BCUT2D eigenvalue weighted by Gasteiger charge is 2.34. The van der Waals surface area contributed by atoms with Crippen molar-refractivity contribution >= 4 is 71.5 Å². The molecule has 3 aliphatic heterocycles. The highest BCUT2D eigenvalue weighted by Crippen LogP contribution is 2.49. The van der Waals surface area contributed by atoms with E-state index in [1.807, 2.05) is 47.4 Å². The Kier molecular flexibility index (Phi) is 22.4. The summed E-state index contributed by atoms with van der Waals surface area (Å²) in [6.07, 6.45) is 1.29. The molecule has 350 valence electrons. The molecule has 0 spiro atoms. The molecule has 3 aliphatic rings. The van der Waals surface area contributed by atoms with E-state index < -0.39 is 29.3 Å². The Morgan fingerprint density at radius 2 is 1.33 bits per heavy atom. The molecule has 2 saturated heterocycles. The van der Waals surface area contributed by atoms with Crippen molar-refractivity contribution < 1.29 is 42.8 Å². The molecular weight excluding hydrogens is 912 g/mol. The van der Waals surface area contributed by atoms with E-state index in [0.29, 0.717) is 37.0 Å². The lowest BCUT2D eigenvalue weighted by molar-refractivity contribution is -0.137. The quantitative estimate of drug-likeness (QED) is 0.105. The maximum Gasteiger partial charge on any atom is 0.416 e. The van der Waals surface area contributed by atoms with Crippen LogP contribution in [0.2, 0.25) is 5.02 Å². The maximum atomic E-state index is 13.3. The van der Waals surface area contributed by atoms with Crippen LogP contribution in [0.25, 0.3) is 0 Å². The van der Waals surface area contributed by atoms with Crippen LogP contribution in [0.3, 0.4) is 0 Å². The van der Waals surface area contributed by atoms with Gasteiger partial charge in [-0.25, -0.2) is 9.59 Å². The largest absolute Gasteiger partial charge is 0.478 e. The third-order valence-electron chi connectivity index (χ3n) is 11.3. The Morgan fingerprint density at radius 3 is 1.91 bits per heavy atom. The monoisotopic (exact) mass is 968 g/mol. The number of hydrogen-bond acceptors (Lipinski definition) is 9. The minimum Gasteiger partial charge on any atom is -0.478 e. The first-order valence-corrected chi connectivity index (χ1v) is 22.0. The van der Waals surface area contributed by atoms with E-state index >= 15 is 0 Å². The number of carbonyl (C=O) groups is 2. The van der Waals surface area contributed by atoms with Gasteiger partial charge in [0.15, 0.2) is 0 Å². The van der Waals surface area contributed by atoms with Gasteiger partial charge in [0, 0.05) is 78.9 Å². The standard InChI is InChI=1S/C22H26F3N3OS.C21H26ClNO.C4H4O4.2ClH/c23-22(24,25)17-6-7-21-19(16-17)28(18-4-1-2-5-20(18)30-21)9-3-8-26-10-12-27(13-11-26)14-15-29;1-21(17-7-4-3-5-8-17,18-10-12-19(22)13-11-18)24-16-14-20-9-6-15-23(20)2;5-3(6)1-2-4(7)8;;/h1-2,4-7,16,29H,3,8-15H2;3-5,7-8,10-13,20H,6,9,14-16H2,1-2H3;1-2H,(H,5,6)(H,7,8);2*1H. The summed E-state index contributed by atoms with van der Waals surface area (Å²) in [6.45, 7) is 10.4. The van der Waals surface area contributed by atoms with E-state index in [-0.39, 0.29) is 31.4 Å². The Labute approximate surface area is 395 Å². The number of aliphatic hydroxyl groups excluding tert-OH is 1. The lowest BCUT2D eigenvalue weighted by Gasteiger charge is -2.36. The number of ether oxygens (including phenoxy) is 1. The lowest BCUT2D eigenvalue weighted by atomic mass is 9.88. The van der Waals surface area contributed by atoms with Crippen LogP contribution in [0.1, 0.15) is 49.3 Å². The second kappa shape index (κ2) is 26.3. The van der Waals surface area contributed by atoms with Crippen molar-refractivity contribution in [2.45, 2.75) is 60.2 Å². The van der Waals surface area contributed by atoms with Crippen molar-refractivity contribution in [3.63, 3.8) is 0 Å². The van der Waals surface area contributed by atoms with Crippen molar-refractivity contribution in [3.8, 4) is 0 Å². The highest BCUT2D eigenvalue weighted by atomic mass is 35.5. The van der Waals surface area contributed by atoms with E-state index in [0.717, 1.165) is 78.2 Å². The van der Waals surface area contributed by atoms with E-state index in [9.17, 15) is 22.8 Å². The van der Waals surface area contributed by atoms with Crippen LogP contribution < -0.4 is 4.90 Å². The lowest BCUT2D eigenvalue weighted by Crippen LogP contribution is -2.47. The molecule has 10 nitrogen and oxygen atoms in total. The summed E-state index contributed by atoms with van der Waals surface area (Å²) in [5.74, 6) is -2.51. The van der Waals surface area contributed by atoms with Crippen LogP contribution in [0, 0.1) is 0 Å². The zero-order valence-electron chi connectivity index (χ0n) is 36.0. The molecule has 4 aromatic rings. The Hall–Kier alpha value is -3.83. The number of piperazine rings is 1. The first-order chi connectivity index (χ1) is 29.7. The van der Waals surface area contributed by atoms with Gasteiger partial charge in [-0.2, -0.15) is 13.2 Å². The summed E-state index contributed by atoms with van der Waals surface area (Å²) in [7, 11) is 2.22. The molecule has 2 atom stereocenters. The minimum atomic E-state index is -4.35. The fraction of sp³-hybridized carbons (Fsp3) is 0.404. The fourth-order valence-corrected chi connectivity index (χ4v) is 9.02. The summed E-state index contributed by atoms with van der Waals surface area (Å²) in [6, 6.07) is 31.1. The first kappa shape index (κ1) is 54.5. The Bertz CT molecular complexity index is 2070. The molecule has 0 amide bonds. The predicted molar refractivity (Wildman–Crippen MR) is 253 cm³/mol. The van der Waals surface area contributed by atoms with Crippen molar-refractivity contribution in [3.05, 3.63) is 131 Å². The average Bonchev–Trinajstić information content (AvgIpc) is 3.67. The number of benzene rings is 4. The third-order valence-corrected chi connectivity index (χ3v) is 12.7. The highest BCUT2D eigenvalue weighted by molar-refractivity contribution is 7.99. The number of likely N-dealkylation sites (tertiary alicyclic amines) is 1. The van der Waals surface area contributed by atoms with E-state index in [1.54, 1.807) is 6.07 Å². The van der Waals surface area contributed by atoms with Crippen LogP contribution in [0.4, 0.5) is 24.5 Å². The Balaban J connectivity index is 0.000000288. The zero-order chi connectivity index (χ0) is 44.7. The topological polar surface area (TPSA) is 117 Å². The number of rotatable bonds is 14. The molecule has 0 aromatic heterocycles. The summed E-state index contributed by atoms with van der Waals surface area (Å²) in [4.78, 5) is 30.2. The van der Waals surface area contributed by atoms with Crippen molar-refractivity contribution in [1.82, 2.24) is 14.7 Å². The summed E-state index contributed by atoms with van der Waals surface area (Å²) in [5.41, 5.74) is 2.86. The zero-order valence-corrected chi connectivity index (χ0v) is 39.2. The molecule has 2 fully saturated rings. The predicted octanol–water partition coefficient (Wildman–Crippen LogP) is 9.97. The summed E-state index contributed by atoms with van der Waals surface area (Å²) < 4.78 is 46.4. The van der Waals surface area contributed by atoms with Gasteiger partial charge in [-0.3, -0.25) is 4.90 Å². The number of para-hydroxylation sites is 1. The molecule has 17 heteroatoms. The van der Waals surface area contributed by atoms with Gasteiger partial charge in [0.25, 0.3) is 0 Å². The summed E-state index contributed by atoms with van der Waals surface area (Å²) >= 11 is 7.59. The fourth-order valence-electron chi connectivity index (χ4n) is 7.82. The van der Waals surface area contributed by atoms with Gasteiger partial charge in [0.05, 0.1) is 23.5 Å². The van der Waals surface area contributed by atoms with E-state index in [1.165, 1.54) is 48.8 Å². The van der Waals surface area contributed by atoms with Gasteiger partial charge >= 0.3 is 18.1 Å². The molecule has 4 aromatic carbocycles. The Morgan fingerprint density at radius 1 is 0.766 bits per heavy atom.